The van der Waals surface area contributed by atoms with Crippen LogP contribution in [0.25, 0.3) is 5.69 Å². The van der Waals surface area contributed by atoms with E-state index in [1.54, 1.807) is 29.9 Å². The third-order valence-corrected chi connectivity index (χ3v) is 6.75. The number of methoxy groups -OCH3 is 1. The van der Waals surface area contributed by atoms with Crippen LogP contribution in [0.5, 0.6) is 11.5 Å². The molecule has 1 aromatic carbocycles. The lowest BCUT2D eigenvalue weighted by Gasteiger charge is -2.55. The van der Waals surface area contributed by atoms with E-state index in [1.165, 1.54) is 31.5 Å². The average Bonchev–Trinajstić information content (AvgIpc) is 3.23. The normalized spacial score (nSPS) is 26.5. The molecule has 0 amide bonds. The molecule has 27 heavy (non-hydrogen) atoms. The number of hydrogen-bond acceptors (Lipinski definition) is 6. The molecule has 1 saturated carbocycles. The van der Waals surface area contributed by atoms with E-state index in [4.69, 9.17) is 13.9 Å². The minimum atomic E-state index is 0.0934. The van der Waals surface area contributed by atoms with E-state index < -0.39 is 0 Å². The number of piperidine rings is 2. The van der Waals surface area contributed by atoms with Crippen LogP contribution in [0.3, 0.4) is 0 Å². The summed E-state index contributed by atoms with van der Waals surface area (Å²) in [6.45, 7) is 1.85. The fourth-order valence-electron chi connectivity index (χ4n) is 4.53. The van der Waals surface area contributed by atoms with E-state index in [2.05, 4.69) is 10.00 Å². The van der Waals surface area contributed by atoms with E-state index >= 15 is 0 Å². The van der Waals surface area contributed by atoms with Crippen molar-refractivity contribution in [1.82, 2.24) is 14.7 Å². The lowest BCUT2D eigenvalue weighted by Crippen LogP contribution is -2.61. The first-order valence-corrected chi connectivity index (χ1v) is 10.5. The molecule has 0 N–H and O–H groups in total. The van der Waals surface area contributed by atoms with Crippen LogP contribution < -0.4 is 9.47 Å². The van der Waals surface area contributed by atoms with Gasteiger partial charge in [0.25, 0.3) is 0 Å². The van der Waals surface area contributed by atoms with Crippen molar-refractivity contribution in [1.29, 1.82) is 0 Å². The van der Waals surface area contributed by atoms with Crippen molar-refractivity contribution >= 4 is 17.8 Å². The van der Waals surface area contributed by atoms with Crippen LogP contribution in [0, 0.1) is 5.41 Å². The van der Waals surface area contributed by atoms with Gasteiger partial charge in [0.2, 0.25) is 0 Å². The van der Waals surface area contributed by atoms with Crippen molar-refractivity contribution in [3.8, 4) is 17.2 Å². The third-order valence-electron chi connectivity index (χ3n) is 6.08. The van der Waals surface area contributed by atoms with Crippen molar-refractivity contribution in [3.05, 3.63) is 36.7 Å². The van der Waals surface area contributed by atoms with Crippen molar-refractivity contribution in [2.75, 3.05) is 26.0 Å². The molecule has 2 saturated heterocycles. The van der Waals surface area contributed by atoms with Gasteiger partial charge in [-0.2, -0.15) is 5.10 Å². The van der Waals surface area contributed by atoms with Gasteiger partial charge < -0.3 is 14.4 Å². The Kier molecular flexibility index (Phi) is 4.27. The van der Waals surface area contributed by atoms with Crippen LogP contribution in [0.1, 0.15) is 25.7 Å². The summed E-state index contributed by atoms with van der Waals surface area (Å²) in [6, 6.07) is 8.79. The summed E-state index contributed by atoms with van der Waals surface area (Å²) in [5.41, 5.74) is 1.08. The quantitative estimate of drug-likeness (QED) is 0.738. The second-order valence-electron chi connectivity index (χ2n) is 7.56. The fraction of sp³-hybridized carbons (Fsp3) is 0.500. The molecule has 4 aliphatic rings. The Morgan fingerprint density at radius 3 is 2.74 bits per heavy atom. The Morgan fingerprint density at radius 1 is 1.19 bits per heavy atom. The molecule has 6 nitrogen and oxygen atoms in total. The van der Waals surface area contributed by atoms with Crippen molar-refractivity contribution < 1.29 is 9.47 Å². The molecule has 142 valence electrons. The molecule has 0 unspecified atom stereocenters. The molecule has 2 aromatic rings. The predicted octanol–water partition coefficient (Wildman–Crippen LogP) is 3.56. The smallest absolute Gasteiger partial charge is 0.157 e. The maximum Gasteiger partial charge on any atom is 0.157 e. The van der Waals surface area contributed by atoms with Crippen LogP contribution in [-0.2, 0) is 0 Å². The molecule has 3 aliphatic heterocycles. The van der Waals surface area contributed by atoms with E-state index in [1.807, 2.05) is 30.5 Å². The summed E-state index contributed by atoms with van der Waals surface area (Å²) in [5, 5.41) is 4.31. The average molecular weight is 385 g/mol. The Hall–Kier alpha value is -2.15. The second kappa shape index (κ2) is 6.78. The van der Waals surface area contributed by atoms with E-state index in [0.717, 1.165) is 29.5 Å². The first kappa shape index (κ1) is 17.0. The summed E-state index contributed by atoms with van der Waals surface area (Å²) in [5.74, 6) is 4.05. The Balaban J connectivity index is 1.30. The zero-order chi connectivity index (χ0) is 18.3. The standard InChI is InChI=1S/C20H24N4O2S/c1-25-18-12-21-24(13-18)16-2-4-17(5-3-16)26-14-20-8-6-15(7-9-20)23-10-11-27-22-19(20)23/h2-5,12-13,15H,6-11,14H2,1H3. The number of benzene rings is 1. The maximum atomic E-state index is 6.26. The molecule has 3 fully saturated rings. The van der Waals surface area contributed by atoms with E-state index in [-0.39, 0.29) is 5.41 Å². The lowest BCUT2D eigenvalue weighted by molar-refractivity contribution is 0.0662. The van der Waals surface area contributed by atoms with Gasteiger partial charge in [0.05, 0.1) is 30.6 Å². The number of fused-ring (bicyclic) bond motifs is 2. The highest BCUT2D eigenvalue weighted by atomic mass is 32.2. The highest BCUT2D eigenvalue weighted by molar-refractivity contribution is 7.98. The SMILES string of the molecule is COc1cnn(-c2ccc(OCC34CCC(CC3)N3CCSN=C34)cc2)c1. The summed E-state index contributed by atoms with van der Waals surface area (Å²) < 4.78 is 18.1. The number of amidine groups is 1. The van der Waals surface area contributed by atoms with Gasteiger partial charge in [0.15, 0.2) is 5.75 Å². The number of rotatable bonds is 5. The van der Waals surface area contributed by atoms with Crippen LogP contribution in [0.2, 0.25) is 0 Å². The van der Waals surface area contributed by atoms with Crippen LogP contribution in [0.15, 0.2) is 41.1 Å². The largest absolute Gasteiger partial charge is 0.493 e. The Morgan fingerprint density at radius 2 is 2.00 bits per heavy atom. The van der Waals surface area contributed by atoms with Crippen LogP contribution in [0.4, 0.5) is 0 Å². The molecule has 6 rings (SSSR count). The van der Waals surface area contributed by atoms with E-state index in [9.17, 15) is 0 Å². The van der Waals surface area contributed by atoms with Gasteiger partial charge in [-0.3, -0.25) is 0 Å². The molecule has 0 spiro atoms. The van der Waals surface area contributed by atoms with E-state index in [0.29, 0.717) is 12.6 Å². The zero-order valence-corrected chi connectivity index (χ0v) is 16.3. The highest BCUT2D eigenvalue weighted by Gasteiger charge is 2.51. The molecular formula is C20H24N4O2S. The fourth-order valence-corrected chi connectivity index (χ4v) is 5.32. The van der Waals surface area contributed by atoms with Crippen molar-refractivity contribution in [3.63, 3.8) is 0 Å². The number of aromatic nitrogens is 2. The monoisotopic (exact) mass is 384 g/mol. The summed E-state index contributed by atoms with van der Waals surface area (Å²) in [7, 11) is 1.65. The molecule has 0 atom stereocenters. The topological polar surface area (TPSA) is 51.9 Å². The molecule has 1 aliphatic carbocycles. The van der Waals surface area contributed by atoms with Gasteiger partial charge in [-0.15, -0.1) is 0 Å². The minimum Gasteiger partial charge on any atom is -0.493 e. The molecular weight excluding hydrogens is 360 g/mol. The van der Waals surface area contributed by atoms with Crippen LogP contribution >= 0.6 is 11.9 Å². The Bertz CT molecular complexity index is 840. The number of nitrogens with zero attached hydrogens (tertiary/aromatic N) is 4. The summed E-state index contributed by atoms with van der Waals surface area (Å²) in [6.07, 6.45) is 8.50. The highest BCUT2D eigenvalue weighted by Crippen LogP contribution is 2.48. The summed E-state index contributed by atoms with van der Waals surface area (Å²) >= 11 is 1.71. The second-order valence-corrected chi connectivity index (χ2v) is 8.41. The van der Waals surface area contributed by atoms with Crippen molar-refractivity contribution in [2.24, 2.45) is 9.81 Å². The van der Waals surface area contributed by atoms with Crippen LogP contribution in [-0.4, -0.2) is 52.6 Å². The number of ether oxygens (including phenoxy) is 2. The lowest BCUT2D eigenvalue weighted by atomic mass is 9.67. The van der Waals surface area contributed by atoms with Gasteiger partial charge in [0, 0.05) is 18.3 Å². The maximum absolute atomic E-state index is 6.26. The third kappa shape index (κ3) is 2.98. The first-order valence-electron chi connectivity index (χ1n) is 9.56. The van der Waals surface area contributed by atoms with Crippen molar-refractivity contribution in [2.45, 2.75) is 31.7 Å². The zero-order valence-electron chi connectivity index (χ0n) is 15.5. The van der Waals surface area contributed by atoms with Gasteiger partial charge in [-0.05, 0) is 61.9 Å². The number of hydrogen-bond donors (Lipinski definition) is 0. The predicted molar refractivity (Wildman–Crippen MR) is 107 cm³/mol. The van der Waals surface area contributed by atoms with Gasteiger partial charge in [-0.1, -0.05) is 0 Å². The molecule has 7 heteroatoms. The first-order chi connectivity index (χ1) is 13.3. The molecule has 1 aromatic heterocycles. The Labute approximate surface area is 163 Å². The van der Waals surface area contributed by atoms with Gasteiger partial charge in [-0.25, -0.2) is 9.08 Å². The summed E-state index contributed by atoms with van der Waals surface area (Å²) in [4.78, 5) is 2.56. The van der Waals surface area contributed by atoms with Gasteiger partial charge in [0.1, 0.15) is 18.2 Å². The molecule has 4 heterocycles. The minimum absolute atomic E-state index is 0.0934. The molecule has 0 radical (unpaired) electrons. The van der Waals surface area contributed by atoms with Gasteiger partial charge >= 0.3 is 0 Å². The molecule has 2 bridgehead atoms.